The number of ether oxygens (including phenoxy) is 1. The fourth-order valence-electron chi connectivity index (χ4n) is 1.69. The van der Waals surface area contributed by atoms with E-state index >= 15 is 0 Å². The predicted molar refractivity (Wildman–Crippen MR) is 76.2 cm³/mol. The number of methoxy groups -OCH3 is 1. The van der Waals surface area contributed by atoms with Crippen LogP contribution in [0.2, 0.25) is 0 Å². The average Bonchev–Trinajstić information content (AvgIpc) is 2.46. The van der Waals surface area contributed by atoms with E-state index in [0.29, 0.717) is 31.7 Å². The molecule has 102 valence electrons. The Morgan fingerprint density at radius 3 is 2.79 bits per heavy atom. The van der Waals surface area contributed by atoms with Crippen LogP contribution in [0, 0.1) is 11.3 Å². The van der Waals surface area contributed by atoms with Gasteiger partial charge in [-0.1, -0.05) is 12.1 Å². The summed E-state index contributed by atoms with van der Waals surface area (Å²) in [6.45, 7) is 1.40. The number of nitriles is 1. The molecule has 0 aliphatic carbocycles. The molecule has 0 aliphatic heterocycles. The molecule has 0 heterocycles. The van der Waals surface area contributed by atoms with E-state index in [1.807, 2.05) is 30.5 Å². The van der Waals surface area contributed by atoms with Crippen molar-refractivity contribution >= 4 is 17.7 Å². The highest BCUT2D eigenvalue weighted by atomic mass is 32.2. The van der Waals surface area contributed by atoms with E-state index in [-0.39, 0.29) is 5.91 Å². The van der Waals surface area contributed by atoms with Crippen LogP contribution in [0.5, 0.6) is 0 Å². The zero-order chi connectivity index (χ0) is 14.1. The maximum atomic E-state index is 12.5. The maximum absolute atomic E-state index is 12.5. The first-order chi connectivity index (χ1) is 9.24. The Morgan fingerprint density at radius 2 is 2.16 bits per heavy atom. The van der Waals surface area contributed by atoms with Crippen molar-refractivity contribution < 1.29 is 9.53 Å². The molecule has 1 rings (SSSR count). The number of nitrogens with zero attached hydrogens (tertiary/aromatic N) is 2. The second kappa shape index (κ2) is 8.57. The zero-order valence-electron chi connectivity index (χ0n) is 11.3. The SMILES string of the molecule is COCCN(CCC#N)C(=O)c1ccccc1SC. The van der Waals surface area contributed by atoms with Crippen molar-refractivity contribution in [2.24, 2.45) is 0 Å². The van der Waals surface area contributed by atoms with Crippen molar-refractivity contribution in [2.45, 2.75) is 11.3 Å². The smallest absolute Gasteiger partial charge is 0.255 e. The van der Waals surface area contributed by atoms with Gasteiger partial charge in [0.15, 0.2) is 0 Å². The van der Waals surface area contributed by atoms with Gasteiger partial charge in [-0.2, -0.15) is 5.26 Å². The molecule has 0 aliphatic rings. The molecule has 0 spiro atoms. The van der Waals surface area contributed by atoms with Gasteiger partial charge in [0.05, 0.1) is 24.7 Å². The molecule has 5 heteroatoms. The van der Waals surface area contributed by atoms with Gasteiger partial charge in [0.2, 0.25) is 0 Å². The minimum atomic E-state index is -0.0442. The highest BCUT2D eigenvalue weighted by molar-refractivity contribution is 7.98. The Bertz CT molecular complexity index is 457. The van der Waals surface area contributed by atoms with Crippen LogP contribution in [0.25, 0.3) is 0 Å². The summed E-state index contributed by atoms with van der Waals surface area (Å²) in [7, 11) is 1.60. The third kappa shape index (κ3) is 4.58. The quantitative estimate of drug-likeness (QED) is 0.719. The Hall–Kier alpha value is -1.51. The summed E-state index contributed by atoms with van der Waals surface area (Å²) in [5.41, 5.74) is 0.684. The summed E-state index contributed by atoms with van der Waals surface area (Å²) < 4.78 is 5.01. The molecule has 0 N–H and O–H groups in total. The van der Waals surface area contributed by atoms with Crippen molar-refractivity contribution in [1.29, 1.82) is 5.26 Å². The molecule has 1 amide bonds. The molecule has 4 nitrogen and oxygen atoms in total. The summed E-state index contributed by atoms with van der Waals surface area (Å²) in [4.78, 5) is 15.1. The van der Waals surface area contributed by atoms with E-state index in [1.165, 1.54) is 0 Å². The second-order valence-electron chi connectivity index (χ2n) is 3.89. The standard InChI is InChI=1S/C14H18N2O2S/c1-18-11-10-16(9-5-8-15)14(17)12-6-3-4-7-13(12)19-2/h3-4,6-7H,5,9-11H2,1-2H3. The number of thioether (sulfide) groups is 1. The highest BCUT2D eigenvalue weighted by Gasteiger charge is 2.17. The number of benzene rings is 1. The van der Waals surface area contributed by atoms with Crippen LogP contribution < -0.4 is 0 Å². The van der Waals surface area contributed by atoms with Gasteiger partial charge in [-0.05, 0) is 18.4 Å². The topological polar surface area (TPSA) is 53.3 Å². The first kappa shape index (κ1) is 15.5. The Morgan fingerprint density at radius 1 is 1.42 bits per heavy atom. The van der Waals surface area contributed by atoms with Gasteiger partial charge in [0.25, 0.3) is 5.91 Å². The molecule has 0 bridgehead atoms. The zero-order valence-corrected chi connectivity index (χ0v) is 12.1. The van der Waals surface area contributed by atoms with Crippen molar-refractivity contribution in [1.82, 2.24) is 4.90 Å². The third-order valence-electron chi connectivity index (χ3n) is 2.68. The molecule has 1 aromatic carbocycles. The summed E-state index contributed by atoms with van der Waals surface area (Å²) in [5.74, 6) is -0.0442. The Kier molecular flexibility index (Phi) is 7.01. The number of hydrogen-bond donors (Lipinski definition) is 0. The largest absolute Gasteiger partial charge is 0.383 e. The number of amides is 1. The summed E-state index contributed by atoms with van der Waals surface area (Å²) >= 11 is 1.55. The fourth-order valence-corrected chi connectivity index (χ4v) is 2.28. The fraction of sp³-hybridized carbons (Fsp3) is 0.429. The van der Waals surface area contributed by atoms with E-state index < -0.39 is 0 Å². The highest BCUT2D eigenvalue weighted by Crippen LogP contribution is 2.21. The van der Waals surface area contributed by atoms with Gasteiger partial charge in [-0.15, -0.1) is 11.8 Å². The number of carbonyl (C=O) groups excluding carboxylic acids is 1. The third-order valence-corrected chi connectivity index (χ3v) is 3.48. The molecule has 19 heavy (non-hydrogen) atoms. The molecule has 0 fully saturated rings. The van der Waals surface area contributed by atoms with Crippen LogP contribution in [0.15, 0.2) is 29.2 Å². The van der Waals surface area contributed by atoms with E-state index in [2.05, 4.69) is 6.07 Å². The maximum Gasteiger partial charge on any atom is 0.255 e. The van der Waals surface area contributed by atoms with Gasteiger partial charge < -0.3 is 9.64 Å². The molecule has 0 saturated heterocycles. The van der Waals surface area contributed by atoms with Crippen LogP contribution in [-0.4, -0.2) is 43.9 Å². The lowest BCUT2D eigenvalue weighted by Crippen LogP contribution is -2.35. The molecule has 0 unspecified atom stereocenters. The van der Waals surface area contributed by atoms with Gasteiger partial charge in [-0.25, -0.2) is 0 Å². The molecule has 1 aromatic rings. The van der Waals surface area contributed by atoms with E-state index in [4.69, 9.17) is 10.00 Å². The Labute approximate surface area is 118 Å². The minimum Gasteiger partial charge on any atom is -0.383 e. The number of rotatable bonds is 7. The first-order valence-corrected chi connectivity index (χ1v) is 7.25. The first-order valence-electron chi connectivity index (χ1n) is 6.02. The number of carbonyl (C=O) groups is 1. The number of hydrogen-bond acceptors (Lipinski definition) is 4. The van der Waals surface area contributed by atoms with Crippen molar-refractivity contribution in [3.05, 3.63) is 29.8 Å². The van der Waals surface area contributed by atoms with Gasteiger partial charge in [0, 0.05) is 25.1 Å². The van der Waals surface area contributed by atoms with Gasteiger partial charge >= 0.3 is 0 Å². The molecule has 0 radical (unpaired) electrons. The van der Waals surface area contributed by atoms with Crippen molar-refractivity contribution in [2.75, 3.05) is 33.1 Å². The molecule has 0 saturated carbocycles. The van der Waals surface area contributed by atoms with Crippen LogP contribution in [0.1, 0.15) is 16.8 Å². The van der Waals surface area contributed by atoms with E-state index in [0.717, 1.165) is 4.90 Å². The summed E-state index contributed by atoms with van der Waals surface area (Å²) in [6, 6.07) is 9.58. The predicted octanol–water partition coefficient (Wildman–Crippen LogP) is 2.41. The normalized spacial score (nSPS) is 9.95. The lowest BCUT2D eigenvalue weighted by atomic mass is 10.2. The summed E-state index contributed by atoms with van der Waals surface area (Å²) in [6.07, 6.45) is 2.28. The van der Waals surface area contributed by atoms with Crippen molar-refractivity contribution in [3.8, 4) is 6.07 Å². The van der Waals surface area contributed by atoms with Crippen LogP contribution >= 0.6 is 11.8 Å². The summed E-state index contributed by atoms with van der Waals surface area (Å²) in [5, 5.41) is 8.67. The Balaban J connectivity index is 2.88. The van der Waals surface area contributed by atoms with Crippen LogP contribution in [-0.2, 0) is 4.74 Å². The van der Waals surface area contributed by atoms with Gasteiger partial charge in [-0.3, -0.25) is 4.79 Å². The van der Waals surface area contributed by atoms with Crippen LogP contribution in [0.4, 0.5) is 0 Å². The molecular weight excluding hydrogens is 260 g/mol. The van der Waals surface area contributed by atoms with Crippen LogP contribution in [0.3, 0.4) is 0 Å². The lowest BCUT2D eigenvalue weighted by Gasteiger charge is -2.22. The lowest BCUT2D eigenvalue weighted by molar-refractivity contribution is 0.0696. The second-order valence-corrected chi connectivity index (χ2v) is 4.74. The van der Waals surface area contributed by atoms with Crippen molar-refractivity contribution in [3.63, 3.8) is 0 Å². The molecular formula is C14H18N2O2S. The average molecular weight is 278 g/mol. The molecule has 0 atom stereocenters. The molecule has 0 aromatic heterocycles. The minimum absolute atomic E-state index is 0.0442. The van der Waals surface area contributed by atoms with Gasteiger partial charge in [0.1, 0.15) is 0 Å². The monoisotopic (exact) mass is 278 g/mol. The van der Waals surface area contributed by atoms with E-state index in [9.17, 15) is 4.79 Å². The van der Waals surface area contributed by atoms with E-state index in [1.54, 1.807) is 23.8 Å².